The van der Waals surface area contributed by atoms with E-state index in [9.17, 15) is 17.2 Å². The molecular weight excluding hydrogens is 424 g/mol. The van der Waals surface area contributed by atoms with Gasteiger partial charge in [0.1, 0.15) is 5.75 Å². The maximum atomic E-state index is 13.4. The van der Waals surface area contributed by atoms with E-state index in [1.165, 1.54) is 11.3 Å². The molecule has 0 aliphatic heterocycles. The molecule has 4 rings (SSSR count). The third kappa shape index (κ3) is 3.86. The second kappa shape index (κ2) is 6.61. The van der Waals surface area contributed by atoms with Crippen LogP contribution in [-0.4, -0.2) is 29.3 Å². The summed E-state index contributed by atoms with van der Waals surface area (Å²) in [5, 5.41) is 13.4. The van der Waals surface area contributed by atoms with E-state index in [0.717, 1.165) is 33.8 Å². The van der Waals surface area contributed by atoms with Gasteiger partial charge in [-0.15, -0.1) is 0 Å². The van der Waals surface area contributed by atoms with Crippen molar-refractivity contribution < 1.29 is 21.9 Å². The van der Waals surface area contributed by atoms with Crippen LogP contribution in [0.25, 0.3) is 21.1 Å². The standard InChI is InChI=1S/C17H15F2N5O3S2/c1-17(18,19)27-13-5-3-9(29(20,25)26)7-11(13)22-16-23-15-10-8-21-24(2)12(10)4-6-14(15)28-16/h3-8H,1-2H3,(H,22,23)(H2,20,25,26). The van der Waals surface area contributed by atoms with Crippen LogP contribution in [0.15, 0.2) is 41.4 Å². The van der Waals surface area contributed by atoms with E-state index in [-0.39, 0.29) is 16.3 Å². The fourth-order valence-electron chi connectivity index (χ4n) is 2.85. The number of sulfonamides is 1. The van der Waals surface area contributed by atoms with Gasteiger partial charge in [-0.2, -0.15) is 13.9 Å². The van der Waals surface area contributed by atoms with E-state index in [1.807, 2.05) is 19.2 Å². The molecule has 0 radical (unpaired) electrons. The number of hydrogen-bond acceptors (Lipinski definition) is 7. The van der Waals surface area contributed by atoms with Crippen molar-refractivity contribution >= 4 is 53.3 Å². The summed E-state index contributed by atoms with van der Waals surface area (Å²) in [6, 6.07) is 7.12. The number of thiazole rings is 1. The van der Waals surface area contributed by atoms with Crippen LogP contribution < -0.4 is 15.2 Å². The number of ether oxygens (including phenoxy) is 1. The highest BCUT2D eigenvalue weighted by Gasteiger charge is 2.26. The molecule has 3 N–H and O–H groups in total. The van der Waals surface area contributed by atoms with E-state index >= 15 is 0 Å². The summed E-state index contributed by atoms with van der Waals surface area (Å²) < 4.78 is 57.3. The molecule has 0 unspecified atom stereocenters. The highest BCUT2D eigenvalue weighted by molar-refractivity contribution is 7.89. The molecule has 0 aliphatic rings. The molecule has 152 valence electrons. The van der Waals surface area contributed by atoms with E-state index < -0.39 is 16.1 Å². The lowest BCUT2D eigenvalue weighted by Gasteiger charge is -2.17. The molecule has 0 aliphatic carbocycles. The third-order valence-corrected chi connectivity index (χ3v) is 5.94. The molecular formula is C17H15F2N5O3S2. The summed E-state index contributed by atoms with van der Waals surface area (Å²) in [4.78, 5) is 4.26. The van der Waals surface area contributed by atoms with Gasteiger partial charge in [-0.1, -0.05) is 11.3 Å². The van der Waals surface area contributed by atoms with Crippen LogP contribution in [0.5, 0.6) is 5.75 Å². The second-order valence-corrected chi connectivity index (χ2v) is 8.96. The monoisotopic (exact) mass is 439 g/mol. The predicted octanol–water partition coefficient (Wildman–Crippen LogP) is 3.57. The predicted molar refractivity (Wildman–Crippen MR) is 106 cm³/mol. The number of halogens is 2. The Morgan fingerprint density at radius 3 is 2.72 bits per heavy atom. The van der Waals surface area contributed by atoms with Gasteiger partial charge >= 0.3 is 6.11 Å². The molecule has 0 saturated heterocycles. The first-order valence-corrected chi connectivity index (χ1v) is 10.6. The number of primary sulfonamides is 1. The Balaban J connectivity index is 1.80. The molecule has 2 aromatic heterocycles. The number of rotatable bonds is 5. The van der Waals surface area contributed by atoms with Gasteiger partial charge in [0.05, 0.1) is 32.5 Å². The first-order valence-electron chi connectivity index (χ1n) is 8.23. The average Bonchev–Trinajstić information content (AvgIpc) is 3.17. The number of fused-ring (bicyclic) bond motifs is 3. The summed E-state index contributed by atoms with van der Waals surface area (Å²) in [5.74, 6) is -0.240. The van der Waals surface area contributed by atoms with Crippen molar-refractivity contribution in [3.05, 3.63) is 36.5 Å². The molecule has 0 fully saturated rings. The molecule has 29 heavy (non-hydrogen) atoms. The number of nitrogens with zero attached hydrogens (tertiary/aromatic N) is 3. The molecule has 2 aromatic carbocycles. The normalized spacial score (nSPS) is 12.6. The molecule has 0 bridgehead atoms. The van der Waals surface area contributed by atoms with Gasteiger partial charge in [-0.25, -0.2) is 18.5 Å². The van der Waals surface area contributed by atoms with E-state index in [1.54, 1.807) is 10.9 Å². The lowest BCUT2D eigenvalue weighted by atomic mass is 10.2. The zero-order valence-corrected chi connectivity index (χ0v) is 16.8. The van der Waals surface area contributed by atoms with Crippen LogP contribution in [0, 0.1) is 0 Å². The largest absolute Gasteiger partial charge is 0.431 e. The molecule has 0 spiro atoms. The molecule has 0 amide bonds. The fourth-order valence-corrected chi connectivity index (χ4v) is 4.29. The van der Waals surface area contributed by atoms with Crippen LogP contribution in [0.1, 0.15) is 6.92 Å². The smallest absolute Gasteiger partial charge is 0.394 e. The topological polar surface area (TPSA) is 112 Å². The Hall–Kier alpha value is -2.83. The highest BCUT2D eigenvalue weighted by atomic mass is 32.2. The summed E-state index contributed by atoms with van der Waals surface area (Å²) in [7, 11) is -2.23. The molecule has 2 heterocycles. The minimum atomic E-state index is -4.04. The summed E-state index contributed by atoms with van der Waals surface area (Å²) in [6.45, 7) is 0.585. The van der Waals surface area contributed by atoms with Crippen molar-refractivity contribution in [1.29, 1.82) is 0 Å². The number of alkyl halides is 2. The van der Waals surface area contributed by atoms with Crippen molar-refractivity contribution in [3.63, 3.8) is 0 Å². The Bertz CT molecular complexity index is 1340. The van der Waals surface area contributed by atoms with Crippen LogP contribution in [-0.2, 0) is 17.1 Å². The van der Waals surface area contributed by atoms with Crippen molar-refractivity contribution in [2.75, 3.05) is 5.32 Å². The summed E-state index contributed by atoms with van der Waals surface area (Å²) >= 11 is 1.27. The first-order chi connectivity index (χ1) is 13.5. The molecule has 12 heteroatoms. The van der Waals surface area contributed by atoms with Crippen molar-refractivity contribution in [3.8, 4) is 5.75 Å². The minimum absolute atomic E-state index is 0.000429. The highest BCUT2D eigenvalue weighted by Crippen LogP contribution is 2.37. The van der Waals surface area contributed by atoms with Crippen molar-refractivity contribution in [2.24, 2.45) is 12.2 Å². The molecule has 8 nitrogen and oxygen atoms in total. The Morgan fingerprint density at radius 1 is 1.28 bits per heavy atom. The van der Waals surface area contributed by atoms with Gasteiger partial charge in [0, 0.05) is 19.4 Å². The van der Waals surface area contributed by atoms with E-state index in [0.29, 0.717) is 17.6 Å². The van der Waals surface area contributed by atoms with Crippen LogP contribution >= 0.6 is 11.3 Å². The number of nitrogens with two attached hydrogens (primary N) is 1. The van der Waals surface area contributed by atoms with Crippen LogP contribution in [0.2, 0.25) is 0 Å². The van der Waals surface area contributed by atoms with Gasteiger partial charge in [0.25, 0.3) is 0 Å². The van der Waals surface area contributed by atoms with Gasteiger partial charge in [0.15, 0.2) is 5.13 Å². The SMILES string of the molecule is Cn1ncc2c3nc(Nc4cc(S(N)(=O)=O)ccc4OC(C)(F)F)sc3ccc21. The Labute approximate surface area is 168 Å². The van der Waals surface area contributed by atoms with Gasteiger partial charge in [-0.3, -0.25) is 4.68 Å². The second-order valence-electron chi connectivity index (χ2n) is 6.37. The fraction of sp³-hybridized carbons (Fsp3) is 0.176. The van der Waals surface area contributed by atoms with Gasteiger partial charge in [-0.05, 0) is 30.3 Å². The number of anilines is 2. The average molecular weight is 439 g/mol. The van der Waals surface area contributed by atoms with Gasteiger partial charge in [0.2, 0.25) is 10.0 Å². The van der Waals surface area contributed by atoms with Crippen molar-refractivity contribution in [1.82, 2.24) is 14.8 Å². The number of aryl methyl sites for hydroxylation is 1. The van der Waals surface area contributed by atoms with E-state index in [2.05, 4.69) is 20.1 Å². The molecule has 4 aromatic rings. The maximum absolute atomic E-state index is 13.4. The van der Waals surface area contributed by atoms with Crippen molar-refractivity contribution in [2.45, 2.75) is 17.9 Å². The number of hydrogen-bond donors (Lipinski definition) is 2. The first kappa shape index (κ1) is 19.5. The number of nitrogens with one attached hydrogen (secondary N) is 1. The maximum Gasteiger partial charge on any atom is 0.394 e. The molecule has 0 saturated carbocycles. The number of aromatic nitrogens is 3. The summed E-state index contributed by atoms with van der Waals surface area (Å²) in [5.41, 5.74) is 1.58. The van der Waals surface area contributed by atoms with Crippen LogP contribution in [0.4, 0.5) is 19.6 Å². The van der Waals surface area contributed by atoms with E-state index in [4.69, 9.17) is 5.14 Å². The summed E-state index contributed by atoms with van der Waals surface area (Å²) in [6.07, 6.45) is -1.77. The minimum Gasteiger partial charge on any atom is -0.431 e. The lowest BCUT2D eigenvalue weighted by molar-refractivity contribution is -0.158. The van der Waals surface area contributed by atoms with Crippen LogP contribution in [0.3, 0.4) is 0 Å². The Morgan fingerprint density at radius 2 is 2.03 bits per heavy atom. The zero-order valence-electron chi connectivity index (χ0n) is 15.2. The van der Waals surface area contributed by atoms with Gasteiger partial charge < -0.3 is 10.1 Å². The number of benzene rings is 2. The Kier molecular flexibility index (Phi) is 4.44. The third-order valence-electron chi connectivity index (χ3n) is 4.10. The quantitative estimate of drug-likeness (QED) is 0.492. The lowest BCUT2D eigenvalue weighted by Crippen LogP contribution is -2.20. The molecule has 0 atom stereocenters. The zero-order chi connectivity index (χ0) is 21.0.